The molecule has 0 bridgehead atoms. The summed E-state index contributed by atoms with van der Waals surface area (Å²) in [6.45, 7) is 2.99. The second-order valence-corrected chi connectivity index (χ2v) is 5.62. The Morgan fingerprint density at radius 1 is 1.29 bits per heavy atom. The van der Waals surface area contributed by atoms with Gasteiger partial charge < -0.3 is 5.32 Å². The number of pyridine rings is 1. The molecule has 17 heavy (non-hydrogen) atoms. The van der Waals surface area contributed by atoms with Crippen LogP contribution in [0.15, 0.2) is 34.5 Å². The second kappa shape index (κ2) is 4.47. The van der Waals surface area contributed by atoms with Crippen molar-refractivity contribution in [2.75, 3.05) is 5.32 Å². The molecule has 3 aromatic rings. The van der Waals surface area contributed by atoms with Crippen molar-refractivity contribution in [1.29, 1.82) is 0 Å². The summed E-state index contributed by atoms with van der Waals surface area (Å²) in [6.07, 6.45) is 1.86. The quantitative estimate of drug-likeness (QED) is 0.760. The smallest absolute Gasteiger partial charge is 0.134 e. The fourth-order valence-corrected chi connectivity index (χ4v) is 3.42. The maximum absolute atomic E-state index is 4.41. The number of rotatable bonds is 3. The van der Waals surface area contributed by atoms with E-state index in [1.807, 2.05) is 6.20 Å². The van der Waals surface area contributed by atoms with Crippen LogP contribution in [0.4, 0.5) is 5.82 Å². The van der Waals surface area contributed by atoms with Crippen molar-refractivity contribution in [2.45, 2.75) is 13.5 Å². The molecule has 0 aliphatic heterocycles. The third kappa shape index (κ3) is 2.06. The van der Waals surface area contributed by atoms with Crippen LogP contribution < -0.4 is 5.32 Å². The molecule has 0 fully saturated rings. The molecular formula is C13H12N2S2. The Kier molecular flexibility index (Phi) is 2.82. The van der Waals surface area contributed by atoms with Crippen molar-refractivity contribution in [3.05, 3.63) is 45.6 Å². The lowest BCUT2D eigenvalue weighted by atomic mass is 10.2. The molecule has 3 rings (SSSR count). The highest BCUT2D eigenvalue weighted by atomic mass is 32.1. The Hall–Kier alpha value is -1.39. The van der Waals surface area contributed by atoms with Gasteiger partial charge in [0.1, 0.15) is 5.82 Å². The molecule has 0 atom stereocenters. The van der Waals surface area contributed by atoms with Gasteiger partial charge in [-0.2, -0.15) is 11.3 Å². The van der Waals surface area contributed by atoms with Gasteiger partial charge in [0.2, 0.25) is 0 Å². The van der Waals surface area contributed by atoms with Crippen molar-refractivity contribution in [3.8, 4) is 0 Å². The van der Waals surface area contributed by atoms with E-state index in [-0.39, 0.29) is 0 Å². The third-order valence-electron chi connectivity index (χ3n) is 2.79. The normalized spacial score (nSPS) is 10.9. The molecule has 0 aliphatic rings. The number of nitrogens with one attached hydrogen (secondary N) is 1. The van der Waals surface area contributed by atoms with Gasteiger partial charge in [-0.15, -0.1) is 11.3 Å². The first-order chi connectivity index (χ1) is 8.34. The summed E-state index contributed by atoms with van der Waals surface area (Å²) in [7, 11) is 0. The standard InChI is InChI=1S/C13H12N2S2/c1-9-7-16-8-10(9)6-15-13-11-3-5-17-12(11)2-4-14-13/h2-5,7-8H,6H2,1H3,(H,14,15). The number of fused-ring (bicyclic) bond motifs is 1. The van der Waals surface area contributed by atoms with E-state index in [1.54, 1.807) is 22.7 Å². The van der Waals surface area contributed by atoms with Gasteiger partial charge in [0.05, 0.1) is 0 Å². The van der Waals surface area contributed by atoms with Crippen LogP contribution in [0.25, 0.3) is 10.1 Å². The van der Waals surface area contributed by atoms with E-state index in [0.717, 1.165) is 12.4 Å². The van der Waals surface area contributed by atoms with Crippen molar-refractivity contribution in [1.82, 2.24) is 4.98 Å². The number of aryl methyl sites for hydroxylation is 1. The Morgan fingerprint density at radius 2 is 2.24 bits per heavy atom. The molecular weight excluding hydrogens is 248 g/mol. The molecule has 0 saturated carbocycles. The van der Waals surface area contributed by atoms with Crippen molar-refractivity contribution < 1.29 is 0 Å². The number of anilines is 1. The van der Waals surface area contributed by atoms with Gasteiger partial charge in [0.25, 0.3) is 0 Å². The zero-order valence-electron chi connectivity index (χ0n) is 9.43. The van der Waals surface area contributed by atoms with Gasteiger partial charge in [-0.25, -0.2) is 4.98 Å². The topological polar surface area (TPSA) is 24.9 Å². The highest BCUT2D eigenvalue weighted by molar-refractivity contribution is 7.17. The van der Waals surface area contributed by atoms with Crippen LogP contribution in [0, 0.1) is 6.92 Å². The molecule has 3 heterocycles. The lowest BCUT2D eigenvalue weighted by Crippen LogP contribution is -2.01. The van der Waals surface area contributed by atoms with E-state index in [2.05, 4.69) is 45.5 Å². The van der Waals surface area contributed by atoms with Gasteiger partial charge >= 0.3 is 0 Å². The van der Waals surface area contributed by atoms with Crippen LogP contribution in [0.2, 0.25) is 0 Å². The highest BCUT2D eigenvalue weighted by Gasteiger charge is 2.04. The van der Waals surface area contributed by atoms with Crippen LogP contribution in [0.1, 0.15) is 11.1 Å². The molecule has 86 valence electrons. The monoisotopic (exact) mass is 260 g/mol. The number of aromatic nitrogens is 1. The fraction of sp³-hybridized carbons (Fsp3) is 0.154. The largest absolute Gasteiger partial charge is 0.365 e. The second-order valence-electron chi connectivity index (χ2n) is 3.93. The summed E-state index contributed by atoms with van der Waals surface area (Å²) in [5.41, 5.74) is 2.70. The Labute approximate surface area is 108 Å². The van der Waals surface area contributed by atoms with E-state index in [9.17, 15) is 0 Å². The lowest BCUT2D eigenvalue weighted by molar-refractivity contribution is 1.11. The minimum atomic E-state index is 0.845. The summed E-state index contributed by atoms with van der Waals surface area (Å²) in [6, 6.07) is 4.18. The Morgan fingerprint density at radius 3 is 3.06 bits per heavy atom. The molecule has 0 spiro atoms. The van der Waals surface area contributed by atoms with Crippen LogP contribution >= 0.6 is 22.7 Å². The third-order valence-corrected chi connectivity index (χ3v) is 4.58. The number of nitrogens with zero attached hydrogens (tertiary/aromatic N) is 1. The summed E-state index contributed by atoms with van der Waals surface area (Å²) >= 11 is 3.50. The SMILES string of the molecule is Cc1cscc1CNc1nccc2sccc12. The molecule has 0 aliphatic carbocycles. The number of hydrogen-bond acceptors (Lipinski definition) is 4. The predicted molar refractivity (Wildman–Crippen MR) is 76.0 cm³/mol. The van der Waals surface area contributed by atoms with Gasteiger partial charge in [0, 0.05) is 22.8 Å². The minimum absolute atomic E-state index is 0.845. The van der Waals surface area contributed by atoms with Crippen LogP contribution in [0.3, 0.4) is 0 Å². The molecule has 4 heteroatoms. The fourth-order valence-electron chi connectivity index (χ4n) is 1.78. The zero-order chi connectivity index (χ0) is 11.7. The summed E-state index contributed by atoms with van der Waals surface area (Å²) < 4.78 is 1.28. The Bertz CT molecular complexity index is 639. The van der Waals surface area contributed by atoms with E-state index in [4.69, 9.17) is 0 Å². The summed E-state index contributed by atoms with van der Waals surface area (Å²) in [5.74, 6) is 0.981. The Balaban J connectivity index is 1.86. The molecule has 3 aromatic heterocycles. The molecule has 0 aromatic carbocycles. The summed E-state index contributed by atoms with van der Waals surface area (Å²) in [5, 5.41) is 11.1. The van der Waals surface area contributed by atoms with Gasteiger partial charge in [-0.3, -0.25) is 0 Å². The van der Waals surface area contributed by atoms with Crippen LogP contribution in [0.5, 0.6) is 0 Å². The van der Waals surface area contributed by atoms with E-state index in [0.29, 0.717) is 0 Å². The van der Waals surface area contributed by atoms with Crippen LogP contribution in [-0.2, 0) is 6.54 Å². The predicted octanol–water partition coefficient (Wildman–Crippen LogP) is 4.28. The van der Waals surface area contributed by atoms with Crippen LogP contribution in [-0.4, -0.2) is 4.98 Å². The minimum Gasteiger partial charge on any atom is -0.365 e. The zero-order valence-corrected chi connectivity index (χ0v) is 11.1. The van der Waals surface area contributed by atoms with E-state index < -0.39 is 0 Å². The number of thiophene rings is 2. The molecule has 0 amide bonds. The average Bonchev–Trinajstić information content (AvgIpc) is 2.95. The molecule has 0 saturated heterocycles. The number of hydrogen-bond donors (Lipinski definition) is 1. The van der Waals surface area contributed by atoms with Gasteiger partial charge in [-0.05, 0) is 46.3 Å². The first-order valence-corrected chi connectivity index (χ1v) is 7.24. The summed E-state index contributed by atoms with van der Waals surface area (Å²) in [4.78, 5) is 4.41. The first kappa shape index (κ1) is 10.7. The molecule has 2 nitrogen and oxygen atoms in total. The van der Waals surface area contributed by atoms with Crippen molar-refractivity contribution in [2.24, 2.45) is 0 Å². The molecule has 1 N–H and O–H groups in total. The van der Waals surface area contributed by atoms with Crippen molar-refractivity contribution in [3.63, 3.8) is 0 Å². The molecule has 0 radical (unpaired) electrons. The highest BCUT2D eigenvalue weighted by Crippen LogP contribution is 2.26. The van der Waals surface area contributed by atoms with E-state index in [1.165, 1.54) is 21.2 Å². The maximum atomic E-state index is 4.41. The van der Waals surface area contributed by atoms with Crippen molar-refractivity contribution >= 4 is 38.6 Å². The lowest BCUT2D eigenvalue weighted by Gasteiger charge is -2.06. The average molecular weight is 260 g/mol. The van der Waals surface area contributed by atoms with E-state index >= 15 is 0 Å². The van der Waals surface area contributed by atoms with Gasteiger partial charge in [-0.1, -0.05) is 0 Å². The maximum Gasteiger partial charge on any atom is 0.134 e. The van der Waals surface area contributed by atoms with Gasteiger partial charge in [0.15, 0.2) is 0 Å². The molecule has 0 unspecified atom stereocenters. The first-order valence-electron chi connectivity index (χ1n) is 5.42.